The maximum Gasteiger partial charge on any atom is 0.125 e. The fraction of sp³-hybridized carbons (Fsp3) is 0.353. The van der Waals surface area contributed by atoms with Crippen molar-refractivity contribution < 1.29 is 0 Å². The van der Waals surface area contributed by atoms with E-state index in [9.17, 15) is 0 Å². The van der Waals surface area contributed by atoms with E-state index in [-0.39, 0.29) is 0 Å². The third-order valence-corrected chi connectivity index (χ3v) is 5.61. The highest BCUT2D eigenvalue weighted by atomic mass is 35.5. The Hall–Kier alpha value is -1.32. The second-order valence-electron chi connectivity index (χ2n) is 5.73. The van der Waals surface area contributed by atoms with Crippen molar-refractivity contribution in [1.29, 1.82) is 0 Å². The van der Waals surface area contributed by atoms with Crippen LogP contribution in [0, 0.1) is 6.92 Å². The van der Waals surface area contributed by atoms with Gasteiger partial charge in [-0.15, -0.1) is 22.9 Å². The molecule has 21 heavy (non-hydrogen) atoms. The number of fused-ring (bicyclic) bond motifs is 2. The number of hydrogen-bond donors (Lipinski definition) is 0. The van der Waals surface area contributed by atoms with Crippen molar-refractivity contribution in [3.8, 4) is 0 Å². The number of imidazole rings is 1. The van der Waals surface area contributed by atoms with Gasteiger partial charge in [-0.2, -0.15) is 0 Å². The summed E-state index contributed by atoms with van der Waals surface area (Å²) in [7, 11) is 0. The molecular formula is C17H17ClN2S. The quantitative estimate of drug-likeness (QED) is 0.603. The number of hydrogen-bond acceptors (Lipinski definition) is 2. The fourth-order valence-corrected chi connectivity index (χ4v) is 4.60. The average Bonchev–Trinajstić information content (AvgIpc) is 3.10. The van der Waals surface area contributed by atoms with Gasteiger partial charge in [0.2, 0.25) is 0 Å². The van der Waals surface area contributed by atoms with E-state index in [1.807, 2.05) is 11.3 Å². The Morgan fingerprint density at radius 3 is 3.14 bits per heavy atom. The zero-order valence-electron chi connectivity index (χ0n) is 12.0. The minimum atomic E-state index is 0.389. The van der Waals surface area contributed by atoms with Crippen LogP contribution in [0.2, 0.25) is 0 Å². The van der Waals surface area contributed by atoms with Crippen molar-refractivity contribution in [2.24, 2.45) is 0 Å². The van der Waals surface area contributed by atoms with Crippen LogP contribution in [-0.4, -0.2) is 9.55 Å². The molecule has 0 fully saturated rings. The fourth-order valence-electron chi connectivity index (χ4n) is 3.43. The normalized spacial score (nSPS) is 18.1. The van der Waals surface area contributed by atoms with Crippen LogP contribution in [0.3, 0.4) is 0 Å². The first kappa shape index (κ1) is 13.4. The molecule has 1 aliphatic carbocycles. The predicted octanol–water partition coefficient (Wildman–Crippen LogP) is 5.07. The lowest BCUT2D eigenvalue weighted by molar-refractivity contribution is 0.494. The van der Waals surface area contributed by atoms with Gasteiger partial charge in [-0.25, -0.2) is 4.98 Å². The molecule has 108 valence electrons. The largest absolute Gasteiger partial charge is 0.319 e. The molecule has 1 aliphatic rings. The molecule has 0 radical (unpaired) electrons. The van der Waals surface area contributed by atoms with Gasteiger partial charge in [-0.05, 0) is 60.9 Å². The molecule has 2 heterocycles. The van der Waals surface area contributed by atoms with E-state index in [4.69, 9.17) is 16.6 Å². The summed E-state index contributed by atoms with van der Waals surface area (Å²) in [5.41, 5.74) is 5.01. The first-order chi connectivity index (χ1) is 10.3. The van der Waals surface area contributed by atoms with Crippen molar-refractivity contribution in [2.75, 3.05) is 0 Å². The van der Waals surface area contributed by atoms with Gasteiger partial charge in [-0.3, -0.25) is 0 Å². The lowest BCUT2D eigenvalue weighted by atomic mass is 9.93. The molecule has 0 aliphatic heterocycles. The number of nitrogens with zero attached hydrogens (tertiary/aromatic N) is 2. The van der Waals surface area contributed by atoms with E-state index < -0.39 is 0 Å². The predicted molar refractivity (Wildman–Crippen MR) is 89.4 cm³/mol. The van der Waals surface area contributed by atoms with Crippen molar-refractivity contribution in [3.63, 3.8) is 0 Å². The highest BCUT2D eigenvalue weighted by Crippen LogP contribution is 2.38. The van der Waals surface area contributed by atoms with Crippen LogP contribution in [-0.2, 0) is 12.3 Å². The second kappa shape index (κ2) is 5.15. The maximum atomic E-state index is 6.18. The molecular weight excluding hydrogens is 300 g/mol. The van der Waals surface area contributed by atoms with Gasteiger partial charge < -0.3 is 4.57 Å². The molecule has 0 saturated carbocycles. The Bertz CT molecular complexity index is 802. The summed E-state index contributed by atoms with van der Waals surface area (Å²) in [5.74, 6) is 1.45. The van der Waals surface area contributed by atoms with Crippen molar-refractivity contribution in [1.82, 2.24) is 9.55 Å². The van der Waals surface area contributed by atoms with Crippen LogP contribution < -0.4 is 0 Å². The number of benzene rings is 1. The Kier molecular flexibility index (Phi) is 3.27. The van der Waals surface area contributed by atoms with Crippen LogP contribution >= 0.6 is 22.9 Å². The second-order valence-corrected chi connectivity index (χ2v) is 7.00. The molecule has 4 rings (SSSR count). The molecule has 4 heteroatoms. The van der Waals surface area contributed by atoms with Crippen LogP contribution in [0.4, 0.5) is 0 Å². The zero-order valence-corrected chi connectivity index (χ0v) is 13.5. The number of aromatic nitrogens is 2. The summed E-state index contributed by atoms with van der Waals surface area (Å²) >= 11 is 8.06. The molecule has 0 bridgehead atoms. The van der Waals surface area contributed by atoms with Gasteiger partial charge in [-0.1, -0.05) is 6.07 Å². The van der Waals surface area contributed by atoms with Crippen LogP contribution in [0.25, 0.3) is 11.0 Å². The summed E-state index contributed by atoms with van der Waals surface area (Å²) < 4.78 is 2.38. The Labute approximate surface area is 133 Å². The van der Waals surface area contributed by atoms with E-state index >= 15 is 0 Å². The van der Waals surface area contributed by atoms with E-state index in [2.05, 4.69) is 41.1 Å². The summed E-state index contributed by atoms with van der Waals surface area (Å²) in [6.07, 6.45) is 3.63. The minimum absolute atomic E-state index is 0.389. The topological polar surface area (TPSA) is 17.8 Å². The number of halogens is 1. The van der Waals surface area contributed by atoms with Crippen LogP contribution in [0.15, 0.2) is 29.6 Å². The number of aryl methyl sites for hydroxylation is 2. The van der Waals surface area contributed by atoms with Gasteiger partial charge >= 0.3 is 0 Å². The first-order valence-electron chi connectivity index (χ1n) is 7.37. The molecule has 3 aromatic rings. The summed E-state index contributed by atoms with van der Waals surface area (Å²) in [4.78, 5) is 6.27. The molecule has 1 aromatic carbocycles. The molecule has 0 amide bonds. The summed E-state index contributed by atoms with van der Waals surface area (Å²) in [5, 5.41) is 2.22. The minimum Gasteiger partial charge on any atom is -0.319 e. The highest BCUT2D eigenvalue weighted by Gasteiger charge is 2.26. The first-order valence-corrected chi connectivity index (χ1v) is 8.79. The standard InChI is InChI=1S/C17H17ClN2S/c1-11-5-6-13-15(9-11)20(17(10-18)19-13)14-3-2-4-16-12(14)7-8-21-16/h5-9,14H,2-4,10H2,1H3. The molecule has 1 unspecified atom stereocenters. The number of alkyl halides is 1. The molecule has 0 N–H and O–H groups in total. The highest BCUT2D eigenvalue weighted by molar-refractivity contribution is 7.10. The molecule has 0 saturated heterocycles. The van der Waals surface area contributed by atoms with E-state index in [0.29, 0.717) is 11.9 Å². The summed E-state index contributed by atoms with van der Waals surface area (Å²) in [6, 6.07) is 9.13. The van der Waals surface area contributed by atoms with E-state index in [1.54, 1.807) is 0 Å². The smallest absolute Gasteiger partial charge is 0.125 e. The van der Waals surface area contributed by atoms with E-state index in [1.165, 1.54) is 40.8 Å². The van der Waals surface area contributed by atoms with Crippen molar-refractivity contribution >= 4 is 34.0 Å². The summed E-state index contributed by atoms with van der Waals surface area (Å²) in [6.45, 7) is 2.13. The SMILES string of the molecule is Cc1ccc2nc(CCl)n(C3CCCc4sccc43)c2c1. The zero-order chi connectivity index (χ0) is 14.4. The van der Waals surface area contributed by atoms with E-state index in [0.717, 1.165) is 11.3 Å². The molecule has 2 nitrogen and oxygen atoms in total. The van der Waals surface area contributed by atoms with Gasteiger partial charge in [0.15, 0.2) is 0 Å². The van der Waals surface area contributed by atoms with Crippen molar-refractivity contribution in [2.45, 2.75) is 38.1 Å². The Morgan fingerprint density at radius 1 is 1.38 bits per heavy atom. The Morgan fingerprint density at radius 2 is 2.29 bits per heavy atom. The van der Waals surface area contributed by atoms with Crippen LogP contribution in [0.1, 0.15) is 40.7 Å². The van der Waals surface area contributed by atoms with Crippen molar-refractivity contribution in [3.05, 3.63) is 51.5 Å². The average molecular weight is 317 g/mol. The third kappa shape index (κ3) is 2.11. The monoisotopic (exact) mass is 316 g/mol. The van der Waals surface area contributed by atoms with Gasteiger partial charge in [0.1, 0.15) is 5.82 Å². The number of rotatable bonds is 2. The van der Waals surface area contributed by atoms with Gasteiger partial charge in [0.05, 0.1) is 23.0 Å². The Balaban J connectivity index is 1.96. The molecule has 0 spiro atoms. The maximum absolute atomic E-state index is 6.18. The third-order valence-electron chi connectivity index (χ3n) is 4.37. The van der Waals surface area contributed by atoms with Gasteiger partial charge in [0, 0.05) is 4.88 Å². The molecule has 1 atom stereocenters. The lowest BCUT2D eigenvalue weighted by Crippen LogP contribution is -2.17. The van der Waals surface area contributed by atoms with Crippen LogP contribution in [0.5, 0.6) is 0 Å². The molecule has 2 aromatic heterocycles. The lowest BCUT2D eigenvalue weighted by Gasteiger charge is -2.26. The van der Waals surface area contributed by atoms with Gasteiger partial charge in [0.25, 0.3) is 0 Å². The number of thiophene rings is 1.